The van der Waals surface area contributed by atoms with Gasteiger partial charge in [0.2, 0.25) is 5.91 Å². The lowest BCUT2D eigenvalue weighted by atomic mass is 10.1. The highest BCUT2D eigenvalue weighted by Crippen LogP contribution is 2.42. The molecule has 1 heterocycles. The molecule has 0 unspecified atom stereocenters. The highest BCUT2D eigenvalue weighted by atomic mass is 32.2. The summed E-state index contributed by atoms with van der Waals surface area (Å²) in [5, 5.41) is 0.281. The van der Waals surface area contributed by atoms with E-state index in [0.717, 1.165) is 34.4 Å². The number of sulfonamides is 1. The number of carbonyl (C=O) groups is 1. The number of aryl methyl sites for hydroxylation is 3. The lowest BCUT2D eigenvalue weighted by Gasteiger charge is -2.33. The number of thioether (sulfide) groups is 1. The summed E-state index contributed by atoms with van der Waals surface area (Å²) < 4.78 is 29.0. The van der Waals surface area contributed by atoms with E-state index in [4.69, 9.17) is 0 Å². The summed E-state index contributed by atoms with van der Waals surface area (Å²) in [6, 6.07) is 9.03. The first-order valence-corrected chi connectivity index (χ1v) is 12.2. The molecular formula is C22H26N2O3S2. The normalized spacial score (nSPS) is 19.0. The molecule has 0 aromatic heterocycles. The van der Waals surface area contributed by atoms with Crippen LogP contribution in [0.2, 0.25) is 0 Å². The molecule has 1 fully saturated rings. The number of anilines is 2. The van der Waals surface area contributed by atoms with Crippen molar-refractivity contribution in [3.8, 4) is 0 Å². The van der Waals surface area contributed by atoms with Crippen LogP contribution in [0.25, 0.3) is 0 Å². The van der Waals surface area contributed by atoms with E-state index in [1.807, 2.05) is 39.0 Å². The largest absolute Gasteiger partial charge is 0.310 e. The van der Waals surface area contributed by atoms with Gasteiger partial charge in [-0.1, -0.05) is 24.6 Å². The van der Waals surface area contributed by atoms with Crippen molar-refractivity contribution in [2.75, 3.05) is 16.2 Å². The van der Waals surface area contributed by atoms with Gasteiger partial charge in [0.05, 0.1) is 16.3 Å². The van der Waals surface area contributed by atoms with Crippen LogP contribution in [0.1, 0.15) is 36.5 Å². The smallest absolute Gasteiger partial charge is 0.261 e. The molecule has 1 amide bonds. The van der Waals surface area contributed by atoms with Crippen LogP contribution in [0.15, 0.2) is 40.1 Å². The minimum atomic E-state index is -3.77. The Balaban J connectivity index is 1.71. The van der Waals surface area contributed by atoms with Gasteiger partial charge in [0.15, 0.2) is 0 Å². The van der Waals surface area contributed by atoms with E-state index in [1.165, 1.54) is 0 Å². The zero-order valence-electron chi connectivity index (χ0n) is 17.2. The predicted octanol–water partition coefficient (Wildman–Crippen LogP) is 4.65. The van der Waals surface area contributed by atoms with Crippen LogP contribution in [-0.2, 0) is 14.8 Å². The van der Waals surface area contributed by atoms with Crippen LogP contribution >= 0.6 is 11.8 Å². The van der Waals surface area contributed by atoms with Crippen molar-refractivity contribution in [1.29, 1.82) is 0 Å². The Morgan fingerprint density at radius 3 is 2.38 bits per heavy atom. The molecule has 0 spiro atoms. The molecule has 0 saturated heterocycles. The molecule has 1 atom stereocenters. The second kappa shape index (κ2) is 7.36. The fraction of sp³-hybridized carbons (Fsp3) is 0.409. The maximum atomic E-state index is 13.1. The quantitative estimate of drug-likeness (QED) is 0.767. The highest BCUT2D eigenvalue weighted by Gasteiger charge is 2.37. The second-order valence-corrected chi connectivity index (χ2v) is 11.3. The topological polar surface area (TPSA) is 66.5 Å². The molecule has 2 aromatic carbocycles. The minimum Gasteiger partial charge on any atom is -0.310 e. The second-order valence-electron chi connectivity index (χ2n) is 8.16. The molecule has 154 valence electrons. The van der Waals surface area contributed by atoms with Gasteiger partial charge in [0.25, 0.3) is 10.0 Å². The molecule has 29 heavy (non-hydrogen) atoms. The van der Waals surface area contributed by atoms with E-state index in [2.05, 4.69) is 11.6 Å². The summed E-state index contributed by atoms with van der Waals surface area (Å²) in [5.41, 5.74) is 4.20. The summed E-state index contributed by atoms with van der Waals surface area (Å²) in [6.07, 6.45) is 1.86. The van der Waals surface area contributed by atoms with E-state index >= 15 is 0 Å². The first kappa shape index (κ1) is 20.3. The average molecular weight is 431 g/mol. The molecular weight excluding hydrogens is 404 g/mol. The molecule has 0 bridgehead atoms. The standard InChI is InChI=1S/C22H26N2O3S2/c1-13-9-14(2)21(15(3)10-13)23-29(26,27)18-7-8-20-19(11-18)24(12-16(4)28-20)22(25)17-5-6-17/h7-11,16-17,23H,5-6,12H2,1-4H3/t16-/m0/s1. The number of hydrogen-bond donors (Lipinski definition) is 1. The van der Waals surface area contributed by atoms with Crippen LogP contribution < -0.4 is 9.62 Å². The van der Waals surface area contributed by atoms with E-state index in [0.29, 0.717) is 17.9 Å². The minimum absolute atomic E-state index is 0.0920. The van der Waals surface area contributed by atoms with Crippen molar-refractivity contribution >= 4 is 39.1 Å². The molecule has 1 aliphatic heterocycles. The molecule has 1 saturated carbocycles. The first-order valence-electron chi connectivity index (χ1n) is 9.88. The molecule has 4 rings (SSSR count). The lowest BCUT2D eigenvalue weighted by molar-refractivity contribution is -0.119. The highest BCUT2D eigenvalue weighted by molar-refractivity contribution is 8.00. The SMILES string of the molecule is Cc1cc(C)c(NS(=O)(=O)c2ccc3c(c2)N(C(=O)C2CC2)C[C@H](C)S3)c(C)c1. The van der Waals surface area contributed by atoms with Gasteiger partial charge in [-0.3, -0.25) is 9.52 Å². The fourth-order valence-electron chi connectivity index (χ4n) is 3.88. The first-order chi connectivity index (χ1) is 13.7. The van der Waals surface area contributed by atoms with Gasteiger partial charge in [0, 0.05) is 22.6 Å². The Morgan fingerprint density at radius 1 is 1.10 bits per heavy atom. The van der Waals surface area contributed by atoms with Gasteiger partial charge in [-0.15, -0.1) is 11.8 Å². The van der Waals surface area contributed by atoms with E-state index in [9.17, 15) is 13.2 Å². The Morgan fingerprint density at radius 2 is 1.76 bits per heavy atom. The zero-order chi connectivity index (χ0) is 20.9. The van der Waals surface area contributed by atoms with Crippen molar-refractivity contribution < 1.29 is 13.2 Å². The van der Waals surface area contributed by atoms with Crippen LogP contribution in [0.3, 0.4) is 0 Å². The number of benzene rings is 2. The maximum Gasteiger partial charge on any atom is 0.261 e. The number of carbonyl (C=O) groups excluding carboxylic acids is 1. The lowest BCUT2D eigenvalue weighted by Crippen LogP contribution is -2.39. The van der Waals surface area contributed by atoms with Gasteiger partial charge in [0.1, 0.15) is 0 Å². The number of nitrogens with one attached hydrogen (secondary N) is 1. The maximum absolute atomic E-state index is 13.1. The van der Waals surface area contributed by atoms with Gasteiger partial charge in [-0.2, -0.15) is 0 Å². The summed E-state index contributed by atoms with van der Waals surface area (Å²) in [6.45, 7) is 8.50. The van der Waals surface area contributed by atoms with Gasteiger partial charge >= 0.3 is 0 Å². The van der Waals surface area contributed by atoms with Crippen molar-refractivity contribution in [2.24, 2.45) is 5.92 Å². The van der Waals surface area contributed by atoms with Crippen molar-refractivity contribution in [3.63, 3.8) is 0 Å². The predicted molar refractivity (Wildman–Crippen MR) is 118 cm³/mol. The third kappa shape index (κ3) is 4.03. The van der Waals surface area contributed by atoms with Gasteiger partial charge in [-0.05, 0) is 62.9 Å². The zero-order valence-corrected chi connectivity index (χ0v) is 18.8. The van der Waals surface area contributed by atoms with Crippen LogP contribution in [0.5, 0.6) is 0 Å². The Labute approximate surface area is 176 Å². The number of amides is 1. The number of rotatable bonds is 4. The molecule has 5 nitrogen and oxygen atoms in total. The molecule has 1 N–H and O–H groups in total. The van der Waals surface area contributed by atoms with Crippen LogP contribution in [0, 0.1) is 26.7 Å². The van der Waals surface area contributed by atoms with Crippen molar-refractivity contribution in [1.82, 2.24) is 0 Å². The Hall–Kier alpha value is -1.99. The van der Waals surface area contributed by atoms with Crippen molar-refractivity contribution in [2.45, 2.75) is 55.6 Å². The summed E-state index contributed by atoms with van der Waals surface area (Å²) in [7, 11) is -3.77. The van der Waals surface area contributed by atoms with Gasteiger partial charge < -0.3 is 4.90 Å². The van der Waals surface area contributed by atoms with Crippen molar-refractivity contribution in [3.05, 3.63) is 47.0 Å². The molecule has 2 aliphatic rings. The molecule has 0 radical (unpaired) electrons. The summed E-state index contributed by atoms with van der Waals surface area (Å²) in [5.74, 6) is 0.209. The average Bonchev–Trinajstić information content (AvgIpc) is 3.48. The Kier molecular flexibility index (Phi) is 5.15. The van der Waals surface area contributed by atoms with Gasteiger partial charge in [-0.25, -0.2) is 8.42 Å². The van der Waals surface area contributed by atoms with E-state index in [1.54, 1.807) is 28.8 Å². The van der Waals surface area contributed by atoms with E-state index in [-0.39, 0.29) is 22.0 Å². The number of hydrogen-bond acceptors (Lipinski definition) is 4. The monoisotopic (exact) mass is 430 g/mol. The van der Waals surface area contributed by atoms with Crippen LogP contribution in [0.4, 0.5) is 11.4 Å². The fourth-order valence-corrected chi connectivity index (χ4v) is 6.19. The molecule has 1 aliphatic carbocycles. The molecule has 7 heteroatoms. The number of fused-ring (bicyclic) bond motifs is 1. The third-order valence-electron chi connectivity index (χ3n) is 5.41. The Bertz CT molecular complexity index is 1070. The molecule has 2 aromatic rings. The number of nitrogens with zero attached hydrogens (tertiary/aromatic N) is 1. The summed E-state index contributed by atoms with van der Waals surface area (Å²) in [4.78, 5) is 15.7. The van der Waals surface area contributed by atoms with E-state index < -0.39 is 10.0 Å². The summed E-state index contributed by atoms with van der Waals surface area (Å²) >= 11 is 1.69. The third-order valence-corrected chi connectivity index (χ3v) is 7.90. The van der Waals surface area contributed by atoms with Crippen LogP contribution in [-0.4, -0.2) is 26.1 Å².